The highest BCUT2D eigenvalue weighted by molar-refractivity contribution is 5.13. The van der Waals surface area contributed by atoms with Gasteiger partial charge in [-0.1, -0.05) is 96.6 Å². The number of hydrogen-bond acceptors (Lipinski definition) is 1. The molecule has 0 amide bonds. The van der Waals surface area contributed by atoms with Crippen molar-refractivity contribution >= 4 is 0 Å². The van der Waals surface area contributed by atoms with Crippen LogP contribution < -0.4 is 0 Å². The first-order valence-corrected chi connectivity index (χ1v) is 10.1. The maximum Gasteiger partial charge on any atom is 0.0716 e. The fourth-order valence-electron chi connectivity index (χ4n) is 3.71. The lowest BCUT2D eigenvalue weighted by atomic mass is 9.75. The molecule has 137 valence electrons. The molecule has 0 N–H and O–H groups in total. The quantitative estimate of drug-likeness (QED) is 0.327. The Kier molecular flexibility index (Phi) is 11.9. The molecule has 0 aliphatic carbocycles. The summed E-state index contributed by atoms with van der Waals surface area (Å²) in [5.74, 6) is 3.35. The van der Waals surface area contributed by atoms with Gasteiger partial charge in [-0.25, -0.2) is 0 Å². The largest absolute Gasteiger partial charge is 0.377 e. The molecule has 0 aliphatic heterocycles. The maximum atomic E-state index is 5.83. The van der Waals surface area contributed by atoms with Crippen LogP contribution in [-0.4, -0.2) is 6.61 Å². The third-order valence-corrected chi connectivity index (χ3v) is 5.06. The summed E-state index contributed by atoms with van der Waals surface area (Å²) in [5, 5.41) is 0. The maximum absolute atomic E-state index is 5.83. The summed E-state index contributed by atoms with van der Waals surface area (Å²) in [7, 11) is 0. The first-order valence-electron chi connectivity index (χ1n) is 10.1. The third kappa shape index (κ3) is 8.87. The van der Waals surface area contributed by atoms with Crippen LogP contribution in [0.25, 0.3) is 0 Å². The second-order valence-corrected chi connectivity index (χ2v) is 7.41. The molecule has 0 bridgehead atoms. The third-order valence-electron chi connectivity index (χ3n) is 5.06. The van der Waals surface area contributed by atoms with Crippen LogP contribution >= 0.6 is 0 Å². The molecule has 24 heavy (non-hydrogen) atoms. The summed E-state index contributed by atoms with van der Waals surface area (Å²) in [6.45, 7) is 11.0. The van der Waals surface area contributed by atoms with Crippen LogP contribution in [0.2, 0.25) is 0 Å². The van der Waals surface area contributed by atoms with Crippen LogP contribution in [0.3, 0.4) is 0 Å². The van der Waals surface area contributed by atoms with E-state index in [1.807, 2.05) is 0 Å². The second-order valence-electron chi connectivity index (χ2n) is 7.41. The Bertz CT molecular complexity index is 384. The Balaban J connectivity index is 2.26. The lowest BCUT2D eigenvalue weighted by Crippen LogP contribution is -2.19. The van der Waals surface area contributed by atoms with Gasteiger partial charge in [0.25, 0.3) is 0 Å². The normalized spacial score (nSPS) is 14.0. The topological polar surface area (TPSA) is 9.23 Å². The zero-order valence-corrected chi connectivity index (χ0v) is 16.5. The predicted molar refractivity (Wildman–Crippen MR) is 106 cm³/mol. The summed E-state index contributed by atoms with van der Waals surface area (Å²) in [5.41, 5.74) is 1.28. The molecule has 1 aromatic carbocycles. The van der Waals surface area contributed by atoms with Gasteiger partial charge in [-0.15, -0.1) is 0 Å². The Morgan fingerprint density at radius 2 is 1.62 bits per heavy atom. The molecule has 0 aromatic heterocycles. The van der Waals surface area contributed by atoms with Crippen molar-refractivity contribution < 1.29 is 4.74 Å². The standard InChI is InChI=1S/C23H39O/c1-5-7-17-23(20(3)4)22(13-6-2)16-11-12-18-24-19-21-14-9-8-10-15-21/h8-10,14-15,22-23H,5-7,11-13,16-19H2,1-4H3. The van der Waals surface area contributed by atoms with Crippen molar-refractivity contribution in [1.82, 2.24) is 0 Å². The molecule has 1 radical (unpaired) electrons. The average molecular weight is 332 g/mol. The Morgan fingerprint density at radius 3 is 2.25 bits per heavy atom. The van der Waals surface area contributed by atoms with Gasteiger partial charge in [-0.2, -0.15) is 0 Å². The highest BCUT2D eigenvalue weighted by Crippen LogP contribution is 2.34. The van der Waals surface area contributed by atoms with Gasteiger partial charge in [0, 0.05) is 6.61 Å². The summed E-state index contributed by atoms with van der Waals surface area (Å²) in [6.07, 6.45) is 10.6. The molecule has 0 saturated heterocycles. The van der Waals surface area contributed by atoms with Crippen LogP contribution in [-0.2, 0) is 11.3 Å². The summed E-state index contributed by atoms with van der Waals surface area (Å²) >= 11 is 0. The highest BCUT2D eigenvalue weighted by Gasteiger charge is 2.23. The van der Waals surface area contributed by atoms with Gasteiger partial charge in [0.2, 0.25) is 0 Å². The predicted octanol–water partition coefficient (Wildman–Crippen LogP) is 7.21. The molecule has 0 spiro atoms. The fraction of sp³-hybridized carbons (Fsp3) is 0.696. The first kappa shape index (κ1) is 21.2. The van der Waals surface area contributed by atoms with Crippen LogP contribution in [0, 0.1) is 17.8 Å². The molecule has 0 aliphatic rings. The van der Waals surface area contributed by atoms with E-state index in [2.05, 4.69) is 58.0 Å². The van der Waals surface area contributed by atoms with Crippen LogP contribution in [0.15, 0.2) is 30.3 Å². The van der Waals surface area contributed by atoms with Crippen molar-refractivity contribution in [2.75, 3.05) is 6.61 Å². The van der Waals surface area contributed by atoms with Crippen LogP contribution in [0.4, 0.5) is 0 Å². The summed E-state index contributed by atoms with van der Waals surface area (Å²) < 4.78 is 5.83. The Hall–Kier alpha value is -0.820. The molecule has 0 heterocycles. The van der Waals surface area contributed by atoms with Gasteiger partial charge in [-0.3, -0.25) is 0 Å². The highest BCUT2D eigenvalue weighted by atomic mass is 16.5. The molecule has 1 aromatic rings. The number of rotatable bonds is 14. The molecule has 1 nitrogen and oxygen atoms in total. The van der Waals surface area contributed by atoms with Crippen molar-refractivity contribution in [2.24, 2.45) is 11.8 Å². The molecule has 2 atom stereocenters. The van der Waals surface area contributed by atoms with E-state index in [-0.39, 0.29) is 0 Å². The molecular weight excluding hydrogens is 292 g/mol. The van der Waals surface area contributed by atoms with Crippen molar-refractivity contribution in [3.05, 3.63) is 41.8 Å². The van der Waals surface area contributed by atoms with E-state index in [1.54, 1.807) is 5.92 Å². The van der Waals surface area contributed by atoms with E-state index in [9.17, 15) is 0 Å². The molecule has 2 unspecified atom stereocenters. The van der Waals surface area contributed by atoms with Crippen LogP contribution in [0.5, 0.6) is 0 Å². The molecule has 0 fully saturated rings. The van der Waals surface area contributed by atoms with E-state index in [4.69, 9.17) is 4.74 Å². The minimum Gasteiger partial charge on any atom is -0.377 e. The minimum atomic E-state index is 0.750. The van der Waals surface area contributed by atoms with Crippen molar-refractivity contribution in [3.8, 4) is 0 Å². The Labute approximate surface area is 151 Å². The van der Waals surface area contributed by atoms with Crippen molar-refractivity contribution in [3.63, 3.8) is 0 Å². The van der Waals surface area contributed by atoms with Gasteiger partial charge >= 0.3 is 0 Å². The van der Waals surface area contributed by atoms with E-state index in [0.29, 0.717) is 0 Å². The van der Waals surface area contributed by atoms with E-state index in [1.165, 1.54) is 56.9 Å². The minimum absolute atomic E-state index is 0.750. The van der Waals surface area contributed by atoms with Gasteiger partial charge in [0.15, 0.2) is 0 Å². The zero-order valence-electron chi connectivity index (χ0n) is 16.5. The van der Waals surface area contributed by atoms with Gasteiger partial charge < -0.3 is 4.74 Å². The summed E-state index contributed by atoms with van der Waals surface area (Å²) in [6, 6.07) is 10.5. The zero-order chi connectivity index (χ0) is 17.6. The molecular formula is C23H39O. The monoisotopic (exact) mass is 331 g/mol. The van der Waals surface area contributed by atoms with E-state index in [0.717, 1.165) is 25.0 Å². The van der Waals surface area contributed by atoms with Crippen LogP contribution in [0.1, 0.15) is 84.6 Å². The smallest absolute Gasteiger partial charge is 0.0716 e. The lowest BCUT2D eigenvalue weighted by Gasteiger charge is -2.30. The van der Waals surface area contributed by atoms with Gasteiger partial charge in [0.1, 0.15) is 0 Å². The number of ether oxygens (including phenoxy) is 1. The van der Waals surface area contributed by atoms with Crippen molar-refractivity contribution in [1.29, 1.82) is 0 Å². The molecule has 1 rings (SSSR count). The van der Waals surface area contributed by atoms with E-state index < -0.39 is 0 Å². The second kappa shape index (κ2) is 13.5. The van der Waals surface area contributed by atoms with Gasteiger partial charge in [0.05, 0.1) is 6.61 Å². The number of benzene rings is 1. The fourth-order valence-corrected chi connectivity index (χ4v) is 3.71. The molecule has 1 heteroatoms. The van der Waals surface area contributed by atoms with Crippen molar-refractivity contribution in [2.45, 2.75) is 85.7 Å². The summed E-state index contributed by atoms with van der Waals surface area (Å²) in [4.78, 5) is 0. The van der Waals surface area contributed by atoms with E-state index >= 15 is 0 Å². The Morgan fingerprint density at radius 1 is 0.875 bits per heavy atom. The SMILES string of the molecule is CCCCC([C](C)C)C(CCC)CCCCOCc1ccccc1. The lowest BCUT2D eigenvalue weighted by molar-refractivity contribution is 0.114. The number of unbranched alkanes of at least 4 members (excludes halogenated alkanes) is 2. The molecule has 0 saturated carbocycles. The number of hydrogen-bond donors (Lipinski definition) is 0. The first-order chi connectivity index (χ1) is 11.7. The average Bonchev–Trinajstić information content (AvgIpc) is 2.58. The van der Waals surface area contributed by atoms with Gasteiger partial charge in [-0.05, 0) is 36.2 Å².